The first-order valence-electron chi connectivity index (χ1n) is 8.55. The van der Waals surface area contributed by atoms with E-state index < -0.39 is 12.3 Å². The lowest BCUT2D eigenvalue weighted by atomic mass is 10.0. The molecule has 142 valence electrons. The number of aliphatic hydroxyl groups is 1. The van der Waals surface area contributed by atoms with Crippen LogP contribution in [-0.2, 0) is 5.72 Å². The number of hydrogen-bond donors (Lipinski definition) is 1. The molecule has 0 saturated carbocycles. The van der Waals surface area contributed by atoms with E-state index in [0.717, 1.165) is 34.0 Å². The minimum absolute atomic E-state index is 0.0743. The van der Waals surface area contributed by atoms with E-state index in [1.54, 1.807) is 23.9 Å². The number of amidine groups is 1. The van der Waals surface area contributed by atoms with Gasteiger partial charge in [-0.15, -0.1) is 0 Å². The van der Waals surface area contributed by atoms with Crippen LogP contribution in [0.1, 0.15) is 12.0 Å². The zero-order chi connectivity index (χ0) is 19.0. The molecular weight excluding hydrogens is 438 g/mol. The van der Waals surface area contributed by atoms with Crippen LogP contribution in [0.4, 0.5) is 14.5 Å². The fourth-order valence-corrected chi connectivity index (χ4v) is 4.94. The topological polar surface area (TPSA) is 35.7 Å². The third-order valence-corrected chi connectivity index (χ3v) is 6.39. The van der Waals surface area contributed by atoms with Crippen molar-refractivity contribution in [1.82, 2.24) is 0 Å². The van der Waals surface area contributed by atoms with Gasteiger partial charge < -0.3 is 9.84 Å². The van der Waals surface area contributed by atoms with Crippen LogP contribution in [0.25, 0.3) is 0 Å². The van der Waals surface area contributed by atoms with Crippen LogP contribution in [0.15, 0.2) is 53.0 Å². The summed E-state index contributed by atoms with van der Waals surface area (Å²) in [5.74, 6) is 1.07. The smallest absolute Gasteiger partial charge is 0.387 e. The zero-order valence-electron chi connectivity index (χ0n) is 14.3. The average Bonchev–Trinajstić information content (AvgIpc) is 2.96. The number of ether oxygens (including phenoxy) is 1. The van der Waals surface area contributed by atoms with Crippen LogP contribution in [0, 0.1) is 0 Å². The van der Waals surface area contributed by atoms with E-state index in [-0.39, 0.29) is 5.75 Å². The second-order valence-electron chi connectivity index (χ2n) is 6.44. The van der Waals surface area contributed by atoms with Crippen molar-refractivity contribution in [2.24, 2.45) is 0 Å². The van der Waals surface area contributed by atoms with Crippen molar-refractivity contribution < 1.29 is 23.2 Å². The Bertz CT molecular complexity index is 861. The summed E-state index contributed by atoms with van der Waals surface area (Å²) in [6.45, 7) is -1.57. The Morgan fingerprint density at radius 1 is 1.15 bits per heavy atom. The second kappa shape index (κ2) is 7.41. The van der Waals surface area contributed by atoms with Crippen molar-refractivity contribution in [2.45, 2.75) is 18.8 Å². The molecule has 4 rings (SSSR count). The van der Waals surface area contributed by atoms with Gasteiger partial charge in [-0.05, 0) is 66.7 Å². The quantitative estimate of drug-likeness (QED) is 0.700. The Balaban J connectivity index is 1.74. The van der Waals surface area contributed by atoms with Gasteiger partial charge in [0.1, 0.15) is 11.4 Å². The first-order valence-corrected chi connectivity index (χ1v) is 10.3. The van der Waals surface area contributed by atoms with Gasteiger partial charge in [0.05, 0.1) is 6.54 Å². The molecule has 2 aliphatic heterocycles. The molecule has 27 heavy (non-hydrogen) atoms. The van der Waals surface area contributed by atoms with Gasteiger partial charge in [0.25, 0.3) is 5.72 Å². The number of rotatable bonds is 4. The van der Waals surface area contributed by atoms with Crippen molar-refractivity contribution in [1.29, 1.82) is 0 Å². The fourth-order valence-electron chi connectivity index (χ4n) is 3.49. The highest BCUT2D eigenvalue weighted by Gasteiger charge is 2.55. The van der Waals surface area contributed by atoms with Gasteiger partial charge in [0.15, 0.2) is 6.54 Å². The molecule has 0 saturated heterocycles. The molecule has 1 N–H and O–H groups in total. The van der Waals surface area contributed by atoms with Crippen LogP contribution in [0.3, 0.4) is 0 Å². The lowest BCUT2D eigenvalue weighted by molar-refractivity contribution is -0.532. The standard InChI is InChI=1S/C19H18BrF2N2O2S/c20-14-4-6-15(7-5-14)24-18-23(10-1-11-27-18)12-19(24,25)13-2-8-16(9-3-13)26-17(21)22/h2-9,17,25H,1,10-12H2/q+1. The normalized spacial score (nSPS) is 22.3. The molecule has 0 spiro atoms. The third-order valence-electron chi connectivity index (χ3n) is 4.67. The highest BCUT2D eigenvalue weighted by molar-refractivity contribution is 9.10. The molecule has 0 radical (unpaired) electrons. The number of alkyl halides is 2. The minimum Gasteiger partial charge on any atom is -0.435 e. The van der Waals surface area contributed by atoms with E-state index >= 15 is 0 Å². The van der Waals surface area contributed by atoms with Crippen molar-refractivity contribution in [3.05, 3.63) is 58.6 Å². The first-order chi connectivity index (χ1) is 13.0. The molecular formula is C19H18BrF2N2O2S+. The van der Waals surface area contributed by atoms with Gasteiger partial charge in [-0.3, -0.25) is 0 Å². The van der Waals surface area contributed by atoms with Gasteiger partial charge in [0, 0.05) is 15.8 Å². The average molecular weight is 456 g/mol. The van der Waals surface area contributed by atoms with E-state index in [0.29, 0.717) is 12.1 Å². The van der Waals surface area contributed by atoms with E-state index in [1.807, 2.05) is 29.2 Å². The summed E-state index contributed by atoms with van der Waals surface area (Å²) < 4.78 is 32.4. The van der Waals surface area contributed by atoms with Crippen LogP contribution in [0.2, 0.25) is 0 Å². The second-order valence-corrected chi connectivity index (χ2v) is 8.42. The molecule has 2 aromatic carbocycles. The molecule has 1 atom stereocenters. The predicted octanol–water partition coefficient (Wildman–Crippen LogP) is 4.22. The number of thioether (sulfide) groups is 1. The van der Waals surface area contributed by atoms with E-state index in [9.17, 15) is 13.9 Å². The van der Waals surface area contributed by atoms with Gasteiger partial charge in [-0.2, -0.15) is 13.7 Å². The summed E-state index contributed by atoms with van der Waals surface area (Å²) in [5, 5.41) is 12.7. The zero-order valence-corrected chi connectivity index (χ0v) is 16.7. The van der Waals surface area contributed by atoms with Gasteiger partial charge >= 0.3 is 11.8 Å². The Labute approximate surface area is 168 Å². The lowest BCUT2D eigenvalue weighted by Crippen LogP contribution is -2.46. The van der Waals surface area contributed by atoms with Crippen molar-refractivity contribution in [3.8, 4) is 5.75 Å². The Kier molecular flexibility index (Phi) is 5.13. The number of halogens is 3. The maximum Gasteiger partial charge on any atom is 0.387 e. The summed E-state index contributed by atoms with van der Waals surface area (Å²) in [7, 11) is 0. The van der Waals surface area contributed by atoms with E-state index in [4.69, 9.17) is 0 Å². The summed E-state index contributed by atoms with van der Waals surface area (Å²) in [6, 6.07) is 14.0. The molecule has 4 nitrogen and oxygen atoms in total. The van der Waals surface area contributed by atoms with Crippen LogP contribution < -0.4 is 9.64 Å². The summed E-state index contributed by atoms with van der Waals surface area (Å²) in [6.07, 6.45) is 1.06. The van der Waals surface area contributed by atoms with Crippen LogP contribution in [-0.4, -0.2) is 40.3 Å². The molecule has 2 aliphatic rings. The number of anilines is 1. The maximum absolute atomic E-state index is 12.4. The first kappa shape index (κ1) is 18.7. The van der Waals surface area contributed by atoms with Crippen LogP contribution >= 0.6 is 27.7 Å². The van der Waals surface area contributed by atoms with Gasteiger partial charge in [-0.1, -0.05) is 15.9 Å². The molecule has 0 fully saturated rings. The number of benzene rings is 2. The minimum atomic E-state index is -2.87. The molecule has 2 heterocycles. The predicted molar refractivity (Wildman–Crippen MR) is 106 cm³/mol. The Hall–Kier alpha value is -1.64. The van der Waals surface area contributed by atoms with Crippen molar-refractivity contribution in [3.63, 3.8) is 0 Å². The highest BCUT2D eigenvalue weighted by Crippen LogP contribution is 2.40. The summed E-state index contributed by atoms with van der Waals surface area (Å²) in [4.78, 5) is 1.94. The third kappa shape index (κ3) is 3.58. The molecule has 0 amide bonds. The molecule has 0 aliphatic carbocycles. The Morgan fingerprint density at radius 2 is 1.85 bits per heavy atom. The van der Waals surface area contributed by atoms with E-state index in [1.165, 1.54) is 12.1 Å². The molecule has 0 bridgehead atoms. The van der Waals surface area contributed by atoms with Crippen LogP contribution in [0.5, 0.6) is 5.75 Å². The Morgan fingerprint density at radius 3 is 2.52 bits per heavy atom. The summed E-state index contributed by atoms with van der Waals surface area (Å²) >= 11 is 5.17. The molecule has 8 heteroatoms. The van der Waals surface area contributed by atoms with Gasteiger partial charge in [0.2, 0.25) is 0 Å². The number of hydrogen-bond acceptors (Lipinski definition) is 4. The molecule has 2 aromatic rings. The highest BCUT2D eigenvalue weighted by atomic mass is 79.9. The molecule has 1 unspecified atom stereocenters. The maximum atomic E-state index is 12.4. The lowest BCUT2D eigenvalue weighted by Gasteiger charge is -2.28. The van der Waals surface area contributed by atoms with Crippen molar-refractivity contribution in [2.75, 3.05) is 23.7 Å². The molecule has 0 aromatic heterocycles. The largest absolute Gasteiger partial charge is 0.435 e. The van der Waals surface area contributed by atoms with Crippen molar-refractivity contribution >= 4 is 38.5 Å². The van der Waals surface area contributed by atoms with E-state index in [2.05, 4.69) is 25.2 Å². The monoisotopic (exact) mass is 455 g/mol. The van der Waals surface area contributed by atoms with Gasteiger partial charge in [-0.25, -0.2) is 4.58 Å². The number of nitrogens with zero attached hydrogens (tertiary/aromatic N) is 2. The fraction of sp³-hybridized carbons (Fsp3) is 0.316. The SMILES string of the molecule is OC1(c2ccc(OC(F)F)cc2)C[N+]2=C(SCCC2)N1c1ccc(Br)cc1. The summed E-state index contributed by atoms with van der Waals surface area (Å²) in [5.41, 5.74) is 0.221.